The number of carbonyl (C=O) groups excluding carboxylic acids is 1. The van der Waals surface area contributed by atoms with Crippen molar-refractivity contribution in [2.24, 2.45) is 5.73 Å². The Kier molecular flexibility index (Phi) is 10.4. The minimum absolute atomic E-state index is 0.190. The molecule has 5 aromatic rings. The maximum absolute atomic E-state index is 12.3. The molecule has 3 heterocycles. The van der Waals surface area contributed by atoms with Crippen LogP contribution in [-0.2, 0) is 11.3 Å². The lowest BCUT2D eigenvalue weighted by atomic mass is 10.1. The molecular weight excluding hydrogens is 593 g/mol. The lowest BCUT2D eigenvalue weighted by Crippen LogP contribution is -2.29. The van der Waals surface area contributed by atoms with Gasteiger partial charge in [-0.15, -0.1) is 11.3 Å². The van der Waals surface area contributed by atoms with Gasteiger partial charge in [0.2, 0.25) is 0 Å². The van der Waals surface area contributed by atoms with Gasteiger partial charge >= 0.3 is 6.09 Å². The van der Waals surface area contributed by atoms with Gasteiger partial charge in [-0.1, -0.05) is 29.5 Å². The molecule has 0 bridgehead atoms. The van der Waals surface area contributed by atoms with E-state index in [1.54, 1.807) is 42.1 Å². The first-order valence-electron chi connectivity index (χ1n) is 14.7. The minimum atomic E-state index is -0.409. The number of aromatic nitrogens is 3. The monoisotopic (exact) mass is 630 g/mol. The quantitative estimate of drug-likeness (QED) is 0.126. The number of anilines is 2. The summed E-state index contributed by atoms with van der Waals surface area (Å²) in [4.78, 5) is 28.4. The number of fused-ring (bicyclic) bond motifs is 1. The first-order chi connectivity index (χ1) is 21.3. The molecule has 0 radical (unpaired) electrons. The summed E-state index contributed by atoms with van der Waals surface area (Å²) in [5, 5.41) is 4.38. The number of thiazole rings is 2. The molecule has 230 valence electrons. The molecule has 3 aromatic heterocycles. The second kappa shape index (κ2) is 14.6. The zero-order chi connectivity index (χ0) is 31.1. The number of hydrogen-bond donors (Lipinski definition) is 2. The predicted molar refractivity (Wildman–Crippen MR) is 181 cm³/mol. The molecule has 0 saturated carbocycles. The summed E-state index contributed by atoms with van der Waals surface area (Å²) in [6.45, 7) is 7.61. The maximum atomic E-state index is 12.3. The Labute approximate surface area is 266 Å². The van der Waals surface area contributed by atoms with Gasteiger partial charge in [0.05, 0.1) is 50.9 Å². The summed E-state index contributed by atoms with van der Waals surface area (Å²) in [6, 6.07) is 14.3. The van der Waals surface area contributed by atoms with Crippen LogP contribution in [0.25, 0.3) is 31.8 Å². The number of carbonyl (C=O) groups is 1. The van der Waals surface area contributed by atoms with Gasteiger partial charge in [0.1, 0.15) is 5.75 Å². The average molecular weight is 631 g/mol. The van der Waals surface area contributed by atoms with Crippen molar-refractivity contribution < 1.29 is 14.3 Å². The molecule has 0 unspecified atom stereocenters. The Morgan fingerprint density at radius 3 is 2.66 bits per heavy atom. The average Bonchev–Trinajstić information content (AvgIpc) is 3.64. The van der Waals surface area contributed by atoms with E-state index in [0.717, 1.165) is 79.7 Å². The molecule has 9 nitrogen and oxygen atoms in total. The van der Waals surface area contributed by atoms with E-state index >= 15 is 0 Å². The summed E-state index contributed by atoms with van der Waals surface area (Å²) in [6.07, 6.45) is 5.86. The molecule has 1 amide bonds. The van der Waals surface area contributed by atoms with E-state index in [2.05, 4.69) is 33.5 Å². The summed E-state index contributed by atoms with van der Waals surface area (Å²) >= 11 is 3.27. The van der Waals surface area contributed by atoms with Crippen LogP contribution in [0.5, 0.6) is 5.75 Å². The van der Waals surface area contributed by atoms with Gasteiger partial charge in [0, 0.05) is 37.5 Å². The molecule has 3 N–H and O–H groups in total. The van der Waals surface area contributed by atoms with Crippen LogP contribution in [0.3, 0.4) is 0 Å². The van der Waals surface area contributed by atoms with Crippen LogP contribution in [0.15, 0.2) is 60.4 Å². The number of nitrogens with one attached hydrogen (secondary N) is 1. The van der Waals surface area contributed by atoms with Crippen LogP contribution in [0.2, 0.25) is 0 Å². The van der Waals surface area contributed by atoms with E-state index in [9.17, 15) is 4.79 Å². The SMILES string of the molecule is Cc1ncsc1-c1ccc(CN)c(OCCCCCNc2nc3ccc(-c4cncc(N(C)C(=O)OC(C)C)c4)cc3s2)c1. The minimum Gasteiger partial charge on any atom is -0.493 e. The van der Waals surface area contributed by atoms with Crippen molar-refractivity contribution in [1.29, 1.82) is 0 Å². The van der Waals surface area contributed by atoms with Crippen LogP contribution < -0.4 is 20.7 Å². The highest BCUT2D eigenvalue weighted by Gasteiger charge is 2.15. The number of rotatable bonds is 13. The summed E-state index contributed by atoms with van der Waals surface area (Å²) < 4.78 is 12.5. The van der Waals surface area contributed by atoms with E-state index in [1.165, 1.54) is 4.90 Å². The zero-order valence-electron chi connectivity index (χ0n) is 25.5. The number of ether oxygens (including phenoxy) is 2. The largest absolute Gasteiger partial charge is 0.493 e. The predicted octanol–water partition coefficient (Wildman–Crippen LogP) is 7.89. The first-order valence-corrected chi connectivity index (χ1v) is 16.4. The van der Waals surface area contributed by atoms with Gasteiger partial charge < -0.3 is 20.5 Å². The Morgan fingerprint density at radius 2 is 1.89 bits per heavy atom. The third-order valence-corrected chi connectivity index (χ3v) is 9.05. The van der Waals surface area contributed by atoms with Crippen molar-refractivity contribution in [2.45, 2.75) is 52.7 Å². The number of unbranched alkanes of at least 4 members (excludes halogenated alkanes) is 2. The second-order valence-electron chi connectivity index (χ2n) is 10.8. The molecule has 2 aromatic carbocycles. The van der Waals surface area contributed by atoms with Gasteiger partial charge in [0.15, 0.2) is 5.13 Å². The van der Waals surface area contributed by atoms with E-state index in [-0.39, 0.29) is 6.10 Å². The zero-order valence-corrected chi connectivity index (χ0v) is 27.1. The topological polar surface area (TPSA) is 115 Å². The molecule has 0 saturated heterocycles. The number of amides is 1. The number of pyridine rings is 1. The van der Waals surface area contributed by atoms with E-state index in [0.29, 0.717) is 18.8 Å². The summed E-state index contributed by atoms with van der Waals surface area (Å²) in [7, 11) is 1.69. The van der Waals surface area contributed by atoms with Crippen molar-refractivity contribution >= 4 is 49.8 Å². The summed E-state index contributed by atoms with van der Waals surface area (Å²) in [5.74, 6) is 0.855. The molecule has 0 aliphatic rings. The standard InChI is InChI=1S/C33H38N6O3S2/c1-21(2)42-33(40)39(4)27-14-26(18-35-19-27)23-10-11-28-30(16-23)44-32(38-28)36-12-6-5-7-13-41-29-15-24(8-9-25(29)17-34)31-22(3)37-20-43-31/h8-11,14-16,18-21H,5-7,12-13,17,34H2,1-4H3,(H,36,38). The fourth-order valence-electron chi connectivity index (χ4n) is 4.69. The van der Waals surface area contributed by atoms with Crippen molar-refractivity contribution in [2.75, 3.05) is 30.4 Å². The lowest BCUT2D eigenvalue weighted by Gasteiger charge is -2.19. The van der Waals surface area contributed by atoms with Crippen LogP contribution in [0.4, 0.5) is 15.6 Å². The van der Waals surface area contributed by atoms with Gasteiger partial charge in [-0.25, -0.2) is 14.8 Å². The molecule has 0 spiro atoms. The maximum Gasteiger partial charge on any atom is 0.414 e. The van der Waals surface area contributed by atoms with Crippen LogP contribution in [0, 0.1) is 6.92 Å². The highest BCUT2D eigenvalue weighted by Crippen LogP contribution is 2.33. The summed E-state index contributed by atoms with van der Waals surface area (Å²) in [5.41, 5.74) is 14.5. The van der Waals surface area contributed by atoms with Crippen molar-refractivity contribution in [3.8, 4) is 27.3 Å². The number of hydrogen-bond acceptors (Lipinski definition) is 10. The first kappa shape index (κ1) is 31.4. The van der Waals surface area contributed by atoms with E-state index in [4.69, 9.17) is 20.2 Å². The van der Waals surface area contributed by atoms with Crippen LogP contribution >= 0.6 is 22.7 Å². The Morgan fingerprint density at radius 1 is 1.05 bits per heavy atom. The van der Waals surface area contributed by atoms with Crippen LogP contribution in [-0.4, -0.2) is 47.3 Å². The highest BCUT2D eigenvalue weighted by atomic mass is 32.1. The number of aryl methyl sites for hydroxylation is 1. The molecule has 0 aliphatic heterocycles. The number of nitrogens with zero attached hydrogens (tertiary/aromatic N) is 4. The fourth-order valence-corrected chi connectivity index (χ4v) is 6.43. The normalized spacial score (nSPS) is 11.2. The lowest BCUT2D eigenvalue weighted by molar-refractivity contribution is 0.124. The molecule has 44 heavy (non-hydrogen) atoms. The molecule has 5 rings (SSSR count). The van der Waals surface area contributed by atoms with Gasteiger partial charge in [-0.2, -0.15) is 0 Å². The van der Waals surface area contributed by atoms with Gasteiger partial charge in [-0.3, -0.25) is 9.88 Å². The molecule has 0 aliphatic carbocycles. The highest BCUT2D eigenvalue weighted by molar-refractivity contribution is 7.22. The molecule has 0 fully saturated rings. The van der Waals surface area contributed by atoms with Crippen molar-refractivity contribution in [3.05, 3.63) is 71.6 Å². The molecule has 0 atom stereocenters. The Balaban J connectivity index is 1.11. The van der Waals surface area contributed by atoms with Gasteiger partial charge in [-0.05, 0) is 75.4 Å². The van der Waals surface area contributed by atoms with E-state index < -0.39 is 6.09 Å². The third-order valence-electron chi connectivity index (χ3n) is 7.09. The van der Waals surface area contributed by atoms with E-state index in [1.807, 2.05) is 50.5 Å². The smallest absolute Gasteiger partial charge is 0.414 e. The fraction of sp³-hybridized carbons (Fsp3) is 0.333. The van der Waals surface area contributed by atoms with Crippen LogP contribution in [0.1, 0.15) is 44.4 Å². The number of nitrogens with two attached hydrogens (primary N) is 1. The molecule has 11 heteroatoms. The second-order valence-corrected chi connectivity index (χ2v) is 12.6. The Hall–Kier alpha value is -4.06. The van der Waals surface area contributed by atoms with Crippen molar-refractivity contribution in [3.63, 3.8) is 0 Å². The van der Waals surface area contributed by atoms with Gasteiger partial charge in [0.25, 0.3) is 0 Å². The molecular formula is C33H38N6O3S2. The van der Waals surface area contributed by atoms with Crippen molar-refractivity contribution in [1.82, 2.24) is 15.0 Å². The number of benzene rings is 2. The Bertz CT molecular complexity index is 1720. The third kappa shape index (κ3) is 7.71.